The van der Waals surface area contributed by atoms with E-state index >= 15 is 0 Å². The predicted octanol–water partition coefficient (Wildman–Crippen LogP) is 3.48. The van der Waals surface area contributed by atoms with E-state index in [1.807, 2.05) is 13.8 Å². The highest BCUT2D eigenvalue weighted by Gasteiger charge is 2.29. The van der Waals surface area contributed by atoms with Crippen LogP contribution < -0.4 is 10.0 Å². The molecule has 0 saturated heterocycles. The molecular formula is C18H27ClN2O3S. The Morgan fingerprint density at radius 2 is 1.64 bits per heavy atom. The van der Waals surface area contributed by atoms with Gasteiger partial charge >= 0.3 is 0 Å². The molecule has 7 heteroatoms. The Morgan fingerprint density at radius 1 is 1.08 bits per heavy atom. The van der Waals surface area contributed by atoms with Crippen LogP contribution in [0.1, 0.15) is 52.4 Å². The van der Waals surface area contributed by atoms with E-state index in [0.717, 1.165) is 25.7 Å². The van der Waals surface area contributed by atoms with Crippen molar-refractivity contribution in [3.8, 4) is 0 Å². The number of sulfonamides is 1. The number of carbonyl (C=O) groups is 1. The van der Waals surface area contributed by atoms with Crippen molar-refractivity contribution in [2.24, 2.45) is 5.92 Å². The van der Waals surface area contributed by atoms with Gasteiger partial charge in [0.1, 0.15) is 6.04 Å². The minimum atomic E-state index is -3.78. The zero-order valence-corrected chi connectivity index (χ0v) is 16.4. The van der Waals surface area contributed by atoms with Gasteiger partial charge in [0, 0.05) is 11.1 Å². The van der Waals surface area contributed by atoms with E-state index in [1.165, 1.54) is 37.1 Å². The molecule has 1 saturated carbocycles. The molecule has 0 heterocycles. The number of rotatable bonds is 6. The second-order valence-corrected chi connectivity index (χ2v) is 9.14. The zero-order chi connectivity index (χ0) is 18.4. The van der Waals surface area contributed by atoms with Crippen LogP contribution in [0.2, 0.25) is 5.02 Å². The summed E-state index contributed by atoms with van der Waals surface area (Å²) < 4.78 is 27.7. The lowest BCUT2D eigenvalue weighted by Gasteiger charge is -2.25. The first-order valence-electron chi connectivity index (χ1n) is 8.88. The van der Waals surface area contributed by atoms with E-state index in [-0.39, 0.29) is 22.8 Å². The second kappa shape index (κ2) is 9.01. The molecule has 2 N–H and O–H groups in total. The fraction of sp³-hybridized carbons (Fsp3) is 0.611. The number of hydrogen-bond donors (Lipinski definition) is 2. The molecule has 0 radical (unpaired) electrons. The van der Waals surface area contributed by atoms with Gasteiger partial charge in [0.15, 0.2) is 0 Å². The summed E-state index contributed by atoms with van der Waals surface area (Å²) in [5.41, 5.74) is 0. The van der Waals surface area contributed by atoms with Crippen LogP contribution in [0.5, 0.6) is 0 Å². The molecule has 0 aliphatic heterocycles. The third-order valence-corrected chi connectivity index (χ3v) is 6.27. The van der Waals surface area contributed by atoms with Gasteiger partial charge in [0.05, 0.1) is 4.90 Å². The van der Waals surface area contributed by atoms with E-state index in [0.29, 0.717) is 5.02 Å². The smallest absolute Gasteiger partial charge is 0.241 e. The topological polar surface area (TPSA) is 75.3 Å². The van der Waals surface area contributed by atoms with Crippen LogP contribution in [-0.2, 0) is 14.8 Å². The van der Waals surface area contributed by atoms with Gasteiger partial charge in [-0.1, -0.05) is 51.1 Å². The first-order valence-corrected chi connectivity index (χ1v) is 10.7. The summed E-state index contributed by atoms with van der Waals surface area (Å²) in [5.74, 6) is -0.410. The van der Waals surface area contributed by atoms with E-state index in [1.54, 1.807) is 0 Å². The monoisotopic (exact) mass is 386 g/mol. The Hall–Kier alpha value is -1.11. The minimum absolute atomic E-state index is 0.102. The summed E-state index contributed by atoms with van der Waals surface area (Å²) in [7, 11) is -3.78. The molecule has 25 heavy (non-hydrogen) atoms. The van der Waals surface area contributed by atoms with Crippen molar-refractivity contribution in [2.75, 3.05) is 0 Å². The highest BCUT2D eigenvalue weighted by molar-refractivity contribution is 7.89. The van der Waals surface area contributed by atoms with E-state index < -0.39 is 16.1 Å². The van der Waals surface area contributed by atoms with Gasteiger partial charge in [0.2, 0.25) is 15.9 Å². The van der Waals surface area contributed by atoms with Crippen LogP contribution in [0, 0.1) is 5.92 Å². The lowest BCUT2D eigenvalue weighted by Crippen LogP contribution is -2.51. The maximum atomic E-state index is 12.7. The molecule has 1 aliphatic carbocycles. The standard InChI is InChI=1S/C18H27ClN2O3S/c1-13(2)17(18(22)20-15-7-5-3-4-6-8-15)21-25(23,24)16-11-9-14(19)10-12-16/h9-13,15,17,21H,3-8H2,1-2H3,(H,20,22)/t17-/m0/s1. The van der Waals surface area contributed by atoms with Crippen molar-refractivity contribution in [3.05, 3.63) is 29.3 Å². The highest BCUT2D eigenvalue weighted by Crippen LogP contribution is 2.19. The first-order chi connectivity index (χ1) is 11.8. The molecule has 0 bridgehead atoms. The highest BCUT2D eigenvalue weighted by atomic mass is 35.5. The molecule has 0 spiro atoms. The summed E-state index contributed by atoms with van der Waals surface area (Å²) >= 11 is 5.81. The van der Waals surface area contributed by atoms with Crippen molar-refractivity contribution < 1.29 is 13.2 Å². The fourth-order valence-corrected chi connectivity index (χ4v) is 4.53. The van der Waals surface area contributed by atoms with Crippen LogP contribution in [0.25, 0.3) is 0 Å². The van der Waals surface area contributed by atoms with Crippen molar-refractivity contribution >= 4 is 27.5 Å². The maximum absolute atomic E-state index is 12.7. The Kier molecular flexibility index (Phi) is 7.28. The quantitative estimate of drug-likeness (QED) is 0.735. The van der Waals surface area contributed by atoms with Gasteiger partial charge in [-0.05, 0) is 43.0 Å². The van der Waals surface area contributed by atoms with Gasteiger partial charge in [-0.25, -0.2) is 8.42 Å². The van der Waals surface area contributed by atoms with Crippen molar-refractivity contribution in [2.45, 2.75) is 69.4 Å². The first kappa shape index (κ1) is 20.2. The molecule has 140 valence electrons. The van der Waals surface area contributed by atoms with Crippen LogP contribution in [0.4, 0.5) is 0 Å². The number of halogens is 1. The van der Waals surface area contributed by atoms with Gasteiger partial charge in [-0.2, -0.15) is 4.72 Å². The molecule has 1 aromatic rings. The van der Waals surface area contributed by atoms with Gasteiger partial charge in [-0.3, -0.25) is 4.79 Å². The molecule has 1 aromatic carbocycles. The fourth-order valence-electron chi connectivity index (χ4n) is 3.06. The second-order valence-electron chi connectivity index (χ2n) is 6.99. The Morgan fingerprint density at radius 3 is 2.16 bits per heavy atom. The third kappa shape index (κ3) is 5.97. The van der Waals surface area contributed by atoms with Crippen molar-refractivity contribution in [1.29, 1.82) is 0 Å². The number of amides is 1. The van der Waals surface area contributed by atoms with Gasteiger partial charge in [-0.15, -0.1) is 0 Å². The lowest BCUT2D eigenvalue weighted by molar-refractivity contribution is -0.124. The summed E-state index contributed by atoms with van der Waals surface area (Å²) in [5, 5.41) is 3.50. The van der Waals surface area contributed by atoms with E-state index in [9.17, 15) is 13.2 Å². The molecule has 1 amide bonds. The normalized spacial score (nSPS) is 17.9. The summed E-state index contributed by atoms with van der Waals surface area (Å²) in [6.45, 7) is 3.67. The van der Waals surface area contributed by atoms with Gasteiger partial charge in [0.25, 0.3) is 0 Å². The third-order valence-electron chi connectivity index (χ3n) is 4.56. The number of carbonyl (C=O) groups excluding carboxylic acids is 1. The SMILES string of the molecule is CC(C)[C@H](NS(=O)(=O)c1ccc(Cl)cc1)C(=O)NC1CCCCCC1. The number of nitrogens with one attached hydrogen (secondary N) is 2. The molecule has 5 nitrogen and oxygen atoms in total. The minimum Gasteiger partial charge on any atom is -0.352 e. The molecule has 1 aliphatic rings. The molecular weight excluding hydrogens is 360 g/mol. The molecule has 2 rings (SSSR count). The van der Waals surface area contributed by atoms with Crippen molar-refractivity contribution in [3.63, 3.8) is 0 Å². The number of hydrogen-bond acceptors (Lipinski definition) is 3. The van der Waals surface area contributed by atoms with Crippen LogP contribution in [-0.4, -0.2) is 26.4 Å². The maximum Gasteiger partial charge on any atom is 0.241 e. The average molecular weight is 387 g/mol. The van der Waals surface area contributed by atoms with Crippen LogP contribution in [0.3, 0.4) is 0 Å². The average Bonchev–Trinajstić information content (AvgIpc) is 2.81. The lowest BCUT2D eigenvalue weighted by atomic mass is 10.0. The zero-order valence-electron chi connectivity index (χ0n) is 14.8. The van der Waals surface area contributed by atoms with Gasteiger partial charge < -0.3 is 5.32 Å². The van der Waals surface area contributed by atoms with E-state index in [4.69, 9.17) is 11.6 Å². The Bertz CT molecular complexity index is 666. The molecule has 0 unspecified atom stereocenters. The molecule has 1 atom stereocenters. The van der Waals surface area contributed by atoms with E-state index in [2.05, 4.69) is 10.0 Å². The summed E-state index contributed by atoms with van der Waals surface area (Å²) in [4.78, 5) is 12.8. The largest absolute Gasteiger partial charge is 0.352 e. The Labute approximate surface area is 155 Å². The van der Waals surface area contributed by atoms with Crippen LogP contribution >= 0.6 is 11.6 Å². The predicted molar refractivity (Wildman–Crippen MR) is 100 cm³/mol. The van der Waals surface area contributed by atoms with Crippen molar-refractivity contribution in [1.82, 2.24) is 10.0 Å². The van der Waals surface area contributed by atoms with Crippen LogP contribution in [0.15, 0.2) is 29.2 Å². The summed E-state index contributed by atoms with van der Waals surface area (Å²) in [6, 6.07) is 5.24. The Balaban J connectivity index is 2.08. The molecule has 0 aromatic heterocycles. The summed E-state index contributed by atoms with van der Waals surface area (Å²) in [6.07, 6.45) is 6.52. The molecule has 1 fully saturated rings. The number of benzene rings is 1.